The number of amides is 2. The number of anilines is 1. The molecular weight excluding hydrogens is 571 g/mol. The molecule has 1 atom stereocenters. The van der Waals surface area contributed by atoms with Gasteiger partial charge in [-0.3, -0.25) is 9.59 Å². The van der Waals surface area contributed by atoms with Crippen molar-refractivity contribution in [2.45, 2.75) is 30.8 Å². The van der Waals surface area contributed by atoms with Crippen molar-refractivity contribution < 1.29 is 22.7 Å². The van der Waals surface area contributed by atoms with Crippen molar-refractivity contribution in [1.29, 1.82) is 0 Å². The maximum Gasteiger partial charge on any atom is 0.252 e. The molecule has 0 aliphatic carbocycles. The summed E-state index contributed by atoms with van der Waals surface area (Å²) in [5, 5.41) is 0.832. The Hall–Kier alpha value is -4.38. The van der Waals surface area contributed by atoms with Gasteiger partial charge in [0, 0.05) is 12.1 Å². The van der Waals surface area contributed by atoms with Gasteiger partial charge in [0.1, 0.15) is 16.8 Å². The number of carbonyl (C=O) groups is 2. The summed E-state index contributed by atoms with van der Waals surface area (Å²) in [6.45, 7) is 1.97. The number of hydrogen-bond donors (Lipinski definition) is 0. The summed E-state index contributed by atoms with van der Waals surface area (Å²) in [4.78, 5) is 32.9. The van der Waals surface area contributed by atoms with Gasteiger partial charge in [0.15, 0.2) is 0 Å². The molecule has 0 bridgehead atoms. The van der Waals surface area contributed by atoms with Crippen LogP contribution in [0.15, 0.2) is 102 Å². The van der Waals surface area contributed by atoms with Gasteiger partial charge in [-0.1, -0.05) is 36.4 Å². The Morgan fingerprint density at radius 1 is 0.952 bits per heavy atom. The summed E-state index contributed by atoms with van der Waals surface area (Å²) < 4.78 is 35.2. The van der Waals surface area contributed by atoms with Gasteiger partial charge in [-0.15, -0.1) is 11.3 Å². The summed E-state index contributed by atoms with van der Waals surface area (Å²) in [5.41, 5.74) is 4.01. The highest BCUT2D eigenvalue weighted by molar-refractivity contribution is 7.89. The molecule has 1 aliphatic heterocycles. The second kappa shape index (κ2) is 11.1. The van der Waals surface area contributed by atoms with Crippen molar-refractivity contribution in [3.63, 3.8) is 0 Å². The third-order valence-electron chi connectivity index (χ3n) is 7.23. The number of rotatable bonds is 8. The van der Waals surface area contributed by atoms with Gasteiger partial charge in [0.25, 0.3) is 5.91 Å². The van der Waals surface area contributed by atoms with Crippen LogP contribution in [0.5, 0.6) is 5.75 Å². The van der Waals surface area contributed by atoms with Crippen molar-refractivity contribution in [3.05, 3.63) is 108 Å². The lowest BCUT2D eigenvalue weighted by Gasteiger charge is -2.27. The molecule has 2 heterocycles. The number of nitrogens with zero attached hydrogens (tertiary/aromatic N) is 3. The minimum atomic E-state index is -4.16. The van der Waals surface area contributed by atoms with Crippen LogP contribution >= 0.6 is 11.3 Å². The third kappa shape index (κ3) is 5.20. The lowest BCUT2D eigenvalue weighted by molar-refractivity contribution is -0.122. The van der Waals surface area contributed by atoms with Gasteiger partial charge >= 0.3 is 0 Å². The van der Waals surface area contributed by atoms with E-state index in [9.17, 15) is 18.0 Å². The predicted molar refractivity (Wildman–Crippen MR) is 163 cm³/mol. The number of hydrogen-bond acceptors (Lipinski definition) is 7. The monoisotopic (exact) mass is 597 g/mol. The highest BCUT2D eigenvalue weighted by Gasteiger charge is 2.47. The van der Waals surface area contributed by atoms with E-state index in [1.807, 2.05) is 37.3 Å². The van der Waals surface area contributed by atoms with Crippen molar-refractivity contribution in [2.75, 3.05) is 12.0 Å². The zero-order valence-electron chi connectivity index (χ0n) is 22.9. The number of sulfonamides is 1. The summed E-state index contributed by atoms with van der Waals surface area (Å²) in [6, 6.07) is 26.9. The Labute approximate surface area is 247 Å². The molecule has 0 saturated carbocycles. The van der Waals surface area contributed by atoms with Crippen LogP contribution in [0.2, 0.25) is 0 Å². The number of fused-ring (bicyclic) bond motifs is 1. The van der Waals surface area contributed by atoms with Crippen molar-refractivity contribution in [2.24, 2.45) is 0 Å². The first-order valence-electron chi connectivity index (χ1n) is 13.3. The zero-order valence-corrected chi connectivity index (χ0v) is 24.6. The molecule has 1 aliphatic rings. The molecule has 10 heteroatoms. The fourth-order valence-corrected chi connectivity index (χ4v) is 7.67. The molecule has 0 N–H and O–H groups in total. The number of thiazole rings is 1. The molecule has 6 rings (SSSR count). The Balaban J connectivity index is 1.31. The number of methoxy groups -OCH3 is 1. The van der Waals surface area contributed by atoms with E-state index in [0.717, 1.165) is 35.6 Å². The first kappa shape index (κ1) is 27.8. The van der Waals surface area contributed by atoms with Crippen LogP contribution in [0.3, 0.4) is 0 Å². The van der Waals surface area contributed by atoms with Gasteiger partial charge in [0.05, 0.1) is 34.3 Å². The minimum Gasteiger partial charge on any atom is -0.497 e. The predicted octanol–water partition coefficient (Wildman–Crippen LogP) is 5.80. The maximum atomic E-state index is 13.9. The summed E-state index contributed by atoms with van der Waals surface area (Å²) in [6.07, 6.45) is -0.264. The average molecular weight is 598 g/mol. The fraction of sp³-hybridized carbons (Fsp3) is 0.156. The largest absolute Gasteiger partial charge is 0.497 e. The molecule has 2 amide bonds. The van der Waals surface area contributed by atoms with E-state index in [2.05, 4.69) is 6.07 Å². The van der Waals surface area contributed by atoms with E-state index < -0.39 is 27.9 Å². The van der Waals surface area contributed by atoms with Crippen molar-refractivity contribution in [3.8, 4) is 16.3 Å². The summed E-state index contributed by atoms with van der Waals surface area (Å²) in [5.74, 6) is -0.543. The van der Waals surface area contributed by atoms with Crippen LogP contribution in [-0.4, -0.2) is 42.7 Å². The van der Waals surface area contributed by atoms with Gasteiger partial charge < -0.3 is 4.74 Å². The standard InChI is InChI=1S/C32H27N3O5S2/c1-21-8-17-27-29(18-21)41-31(33-27)23-9-11-24(12-10-23)35-30(36)19-28(32(35)37)34(20-22-6-4-3-5-7-22)42(38,39)26-15-13-25(40-2)14-16-26/h3-18,28H,19-20H2,1-2H3. The minimum absolute atomic E-state index is 0.00770. The van der Waals surface area contributed by atoms with Gasteiger partial charge in [-0.25, -0.2) is 18.3 Å². The third-order valence-corrected chi connectivity index (χ3v) is 10.2. The topological polar surface area (TPSA) is 96.9 Å². The lowest BCUT2D eigenvalue weighted by Crippen LogP contribution is -2.45. The number of imide groups is 1. The van der Waals surface area contributed by atoms with E-state index in [-0.39, 0.29) is 17.9 Å². The molecule has 4 aromatic carbocycles. The van der Waals surface area contributed by atoms with Crippen LogP contribution < -0.4 is 9.64 Å². The van der Waals surface area contributed by atoms with Crippen molar-refractivity contribution >= 4 is 49.1 Å². The molecule has 0 radical (unpaired) electrons. The lowest BCUT2D eigenvalue weighted by atomic mass is 10.2. The molecule has 1 saturated heterocycles. The number of ether oxygens (including phenoxy) is 1. The Morgan fingerprint density at radius 3 is 2.36 bits per heavy atom. The molecule has 8 nitrogen and oxygen atoms in total. The molecule has 1 unspecified atom stereocenters. The van der Waals surface area contributed by atoms with E-state index in [1.54, 1.807) is 59.9 Å². The number of aromatic nitrogens is 1. The van der Waals surface area contributed by atoms with Gasteiger partial charge in [0.2, 0.25) is 15.9 Å². The number of aryl methyl sites for hydroxylation is 1. The molecule has 1 fully saturated rings. The second-order valence-electron chi connectivity index (χ2n) is 10.0. The molecule has 5 aromatic rings. The van der Waals surface area contributed by atoms with Crippen molar-refractivity contribution in [1.82, 2.24) is 9.29 Å². The Morgan fingerprint density at radius 2 is 1.67 bits per heavy atom. The SMILES string of the molecule is COc1ccc(S(=O)(=O)N(Cc2ccccc2)C2CC(=O)N(c3ccc(-c4nc5ccc(C)cc5s4)cc3)C2=O)cc1. The van der Waals surface area contributed by atoms with E-state index in [0.29, 0.717) is 17.0 Å². The molecule has 1 aromatic heterocycles. The smallest absolute Gasteiger partial charge is 0.252 e. The van der Waals surface area contributed by atoms with Crippen LogP contribution in [0, 0.1) is 6.92 Å². The van der Waals surface area contributed by atoms with E-state index >= 15 is 0 Å². The van der Waals surface area contributed by atoms with Gasteiger partial charge in [-0.2, -0.15) is 4.31 Å². The van der Waals surface area contributed by atoms with Gasteiger partial charge in [-0.05, 0) is 78.7 Å². The normalized spacial score (nSPS) is 15.6. The highest BCUT2D eigenvalue weighted by Crippen LogP contribution is 2.34. The number of carbonyl (C=O) groups excluding carboxylic acids is 2. The quantitative estimate of drug-likeness (QED) is 0.210. The van der Waals surface area contributed by atoms with E-state index in [4.69, 9.17) is 9.72 Å². The Bertz CT molecular complexity index is 1890. The van der Waals surface area contributed by atoms with Crippen LogP contribution in [0.4, 0.5) is 5.69 Å². The highest BCUT2D eigenvalue weighted by atomic mass is 32.2. The number of benzene rings is 4. The molecule has 42 heavy (non-hydrogen) atoms. The maximum absolute atomic E-state index is 13.9. The van der Waals surface area contributed by atoms with Crippen LogP contribution in [0.25, 0.3) is 20.8 Å². The fourth-order valence-electron chi connectivity index (χ4n) is 5.03. The molecule has 0 spiro atoms. The zero-order chi connectivity index (χ0) is 29.4. The van der Waals surface area contributed by atoms with Crippen LogP contribution in [0.1, 0.15) is 17.5 Å². The first-order chi connectivity index (χ1) is 20.2. The molecular formula is C32H27N3O5S2. The summed E-state index contributed by atoms with van der Waals surface area (Å²) in [7, 11) is -2.66. The van der Waals surface area contributed by atoms with E-state index in [1.165, 1.54) is 19.2 Å². The average Bonchev–Trinajstić information content (AvgIpc) is 3.55. The Kier molecular flexibility index (Phi) is 7.36. The van der Waals surface area contributed by atoms with Crippen LogP contribution in [-0.2, 0) is 26.2 Å². The second-order valence-corrected chi connectivity index (χ2v) is 13.0. The summed E-state index contributed by atoms with van der Waals surface area (Å²) >= 11 is 1.57. The molecule has 212 valence electrons. The first-order valence-corrected chi connectivity index (χ1v) is 15.5.